The molecule has 3 rings (SSSR count). The Kier molecular flexibility index (Phi) is 3.55. The van der Waals surface area contributed by atoms with E-state index in [1.165, 1.54) is 0 Å². The first-order chi connectivity index (χ1) is 10.6. The Labute approximate surface area is 138 Å². The minimum Gasteiger partial charge on any atom is -0.504 e. The number of aromatic hydroxyl groups is 2. The highest BCUT2D eigenvalue weighted by atomic mass is 16.3. The van der Waals surface area contributed by atoms with Gasteiger partial charge in [-0.2, -0.15) is 0 Å². The van der Waals surface area contributed by atoms with E-state index >= 15 is 0 Å². The van der Waals surface area contributed by atoms with Crippen LogP contribution in [-0.4, -0.2) is 16.0 Å². The Bertz CT molecular complexity index is 672. The summed E-state index contributed by atoms with van der Waals surface area (Å²) >= 11 is 0. The van der Waals surface area contributed by atoms with Gasteiger partial charge in [0.05, 0.1) is 0 Å². The molecule has 0 aliphatic heterocycles. The highest BCUT2D eigenvalue weighted by Crippen LogP contribution is 2.60. The predicted octanol–water partition coefficient (Wildman–Crippen LogP) is 4.89. The molecule has 2 aliphatic carbocycles. The largest absolute Gasteiger partial charge is 0.504 e. The van der Waals surface area contributed by atoms with Crippen molar-refractivity contribution >= 4 is 5.78 Å². The lowest BCUT2D eigenvalue weighted by Gasteiger charge is -2.53. The Morgan fingerprint density at radius 1 is 1.13 bits per heavy atom. The van der Waals surface area contributed by atoms with Crippen molar-refractivity contribution in [3.63, 3.8) is 0 Å². The third-order valence-electron chi connectivity index (χ3n) is 6.42. The van der Waals surface area contributed by atoms with Crippen LogP contribution in [0.25, 0.3) is 0 Å². The van der Waals surface area contributed by atoms with Crippen LogP contribution in [0.3, 0.4) is 0 Å². The smallest absolute Gasteiger partial charge is 0.163 e. The number of rotatable bonds is 1. The lowest BCUT2D eigenvalue weighted by atomic mass is 9.50. The minimum atomic E-state index is -0.248. The van der Waals surface area contributed by atoms with E-state index in [2.05, 4.69) is 20.8 Å². The Morgan fingerprint density at radius 2 is 1.78 bits per heavy atom. The summed E-state index contributed by atoms with van der Waals surface area (Å²) in [6, 6.07) is 1.82. The maximum Gasteiger partial charge on any atom is 0.163 e. The summed E-state index contributed by atoms with van der Waals surface area (Å²) in [5.41, 5.74) is 1.79. The number of phenolic OH excluding ortho intramolecular Hbond substituents is 2. The van der Waals surface area contributed by atoms with Crippen LogP contribution in [0.1, 0.15) is 87.7 Å². The monoisotopic (exact) mass is 316 g/mol. The van der Waals surface area contributed by atoms with Gasteiger partial charge in [-0.3, -0.25) is 4.79 Å². The zero-order valence-corrected chi connectivity index (χ0v) is 14.9. The van der Waals surface area contributed by atoms with Gasteiger partial charge < -0.3 is 10.2 Å². The van der Waals surface area contributed by atoms with E-state index in [-0.39, 0.29) is 39.9 Å². The lowest BCUT2D eigenvalue weighted by Crippen LogP contribution is -2.49. The Hall–Kier alpha value is -1.51. The molecule has 23 heavy (non-hydrogen) atoms. The van der Waals surface area contributed by atoms with Crippen LogP contribution in [0.5, 0.6) is 11.5 Å². The van der Waals surface area contributed by atoms with E-state index < -0.39 is 0 Å². The molecule has 2 atom stereocenters. The molecule has 126 valence electrons. The molecule has 1 fully saturated rings. The standard InChI is InChI=1S/C20H28O3/c1-11(2)12-9-13-14(21)10-15-19(3,4)7-6-8-20(15,5)16(13)18(23)17(12)22/h9,11,15,22-23H,6-8,10H2,1-5H3. The SMILES string of the molecule is CC(C)c1cc2c(c(O)c1O)C1(C)CCCC(C)(C)C1CC2=O. The number of Topliss-reactive ketones (excluding diaryl/α,β-unsaturated/α-hetero) is 1. The number of phenols is 2. The van der Waals surface area contributed by atoms with Gasteiger partial charge in [0.25, 0.3) is 0 Å². The fourth-order valence-corrected chi connectivity index (χ4v) is 5.14. The number of hydrogen-bond acceptors (Lipinski definition) is 3. The topological polar surface area (TPSA) is 57.5 Å². The second-order valence-electron chi connectivity index (χ2n) is 8.68. The molecule has 3 heteroatoms. The molecule has 0 spiro atoms. The van der Waals surface area contributed by atoms with Gasteiger partial charge in [0, 0.05) is 28.5 Å². The van der Waals surface area contributed by atoms with Gasteiger partial charge in [-0.25, -0.2) is 0 Å². The summed E-state index contributed by atoms with van der Waals surface area (Å²) in [4.78, 5) is 12.8. The van der Waals surface area contributed by atoms with Gasteiger partial charge in [0.1, 0.15) is 0 Å². The fraction of sp³-hybridized carbons (Fsp3) is 0.650. The van der Waals surface area contributed by atoms with E-state index in [9.17, 15) is 15.0 Å². The van der Waals surface area contributed by atoms with Gasteiger partial charge in [-0.1, -0.05) is 41.0 Å². The molecular formula is C20H28O3. The van der Waals surface area contributed by atoms with Crippen LogP contribution in [0, 0.1) is 11.3 Å². The third kappa shape index (κ3) is 2.20. The summed E-state index contributed by atoms with van der Waals surface area (Å²) in [6.45, 7) is 10.5. The van der Waals surface area contributed by atoms with E-state index in [1.807, 2.05) is 19.9 Å². The Morgan fingerprint density at radius 3 is 2.39 bits per heavy atom. The van der Waals surface area contributed by atoms with Gasteiger partial charge in [-0.05, 0) is 36.2 Å². The molecule has 0 aromatic heterocycles. The average molecular weight is 316 g/mol. The summed E-state index contributed by atoms with van der Waals surface area (Å²) < 4.78 is 0. The first-order valence-corrected chi connectivity index (χ1v) is 8.72. The minimum absolute atomic E-state index is 0.0446. The van der Waals surface area contributed by atoms with Crippen LogP contribution in [-0.2, 0) is 5.41 Å². The normalized spacial score (nSPS) is 29.3. The number of ketones is 1. The molecule has 0 radical (unpaired) electrons. The summed E-state index contributed by atoms with van der Waals surface area (Å²) in [5.74, 6) is 0.266. The van der Waals surface area contributed by atoms with Crippen molar-refractivity contribution in [2.24, 2.45) is 11.3 Å². The first-order valence-electron chi connectivity index (χ1n) is 8.72. The number of carbonyl (C=O) groups is 1. The van der Waals surface area contributed by atoms with Crippen molar-refractivity contribution in [1.82, 2.24) is 0 Å². The molecule has 0 amide bonds. The zero-order chi connectivity index (χ0) is 17.2. The van der Waals surface area contributed by atoms with Crippen molar-refractivity contribution in [3.05, 3.63) is 22.8 Å². The molecule has 1 saturated carbocycles. The van der Waals surface area contributed by atoms with Crippen LogP contribution >= 0.6 is 0 Å². The molecule has 1 aromatic carbocycles. The van der Waals surface area contributed by atoms with E-state index in [1.54, 1.807) is 0 Å². The third-order valence-corrected chi connectivity index (χ3v) is 6.42. The molecule has 0 bridgehead atoms. The van der Waals surface area contributed by atoms with Gasteiger partial charge in [-0.15, -0.1) is 0 Å². The van der Waals surface area contributed by atoms with Gasteiger partial charge in [0.2, 0.25) is 0 Å². The highest BCUT2D eigenvalue weighted by molar-refractivity contribution is 6.01. The van der Waals surface area contributed by atoms with Gasteiger partial charge in [0.15, 0.2) is 17.3 Å². The quantitative estimate of drug-likeness (QED) is 0.725. The average Bonchev–Trinajstić information content (AvgIpc) is 2.43. The van der Waals surface area contributed by atoms with Crippen molar-refractivity contribution < 1.29 is 15.0 Å². The first kappa shape index (κ1) is 16.4. The van der Waals surface area contributed by atoms with Crippen LogP contribution in [0.2, 0.25) is 0 Å². The summed E-state index contributed by atoms with van der Waals surface area (Å²) in [5, 5.41) is 21.2. The number of hydrogen-bond donors (Lipinski definition) is 2. The molecule has 2 unspecified atom stereocenters. The molecule has 2 N–H and O–H groups in total. The van der Waals surface area contributed by atoms with Crippen molar-refractivity contribution in [1.29, 1.82) is 0 Å². The van der Waals surface area contributed by atoms with Crippen LogP contribution < -0.4 is 0 Å². The molecule has 3 nitrogen and oxygen atoms in total. The Balaban J connectivity index is 2.28. The zero-order valence-electron chi connectivity index (χ0n) is 14.9. The molecule has 2 aliphatic rings. The molecule has 0 saturated heterocycles. The molecule has 0 heterocycles. The van der Waals surface area contributed by atoms with Gasteiger partial charge >= 0.3 is 0 Å². The van der Waals surface area contributed by atoms with Crippen molar-refractivity contribution in [2.75, 3.05) is 0 Å². The predicted molar refractivity (Wildman–Crippen MR) is 91.3 cm³/mol. The van der Waals surface area contributed by atoms with Crippen LogP contribution in [0.15, 0.2) is 6.07 Å². The maximum absolute atomic E-state index is 12.8. The van der Waals surface area contributed by atoms with E-state index in [4.69, 9.17) is 0 Å². The summed E-state index contributed by atoms with van der Waals surface area (Å²) in [7, 11) is 0. The number of benzene rings is 1. The fourth-order valence-electron chi connectivity index (χ4n) is 5.14. The van der Waals surface area contributed by atoms with E-state index in [0.29, 0.717) is 23.1 Å². The van der Waals surface area contributed by atoms with Crippen molar-refractivity contribution in [2.45, 2.75) is 71.6 Å². The number of fused-ring (bicyclic) bond motifs is 3. The lowest BCUT2D eigenvalue weighted by molar-refractivity contribution is 0.0354. The van der Waals surface area contributed by atoms with Crippen LogP contribution in [0.4, 0.5) is 0 Å². The number of carbonyl (C=O) groups excluding carboxylic acids is 1. The molecular weight excluding hydrogens is 288 g/mol. The molecule has 1 aromatic rings. The second-order valence-corrected chi connectivity index (χ2v) is 8.68. The maximum atomic E-state index is 12.8. The summed E-state index contributed by atoms with van der Waals surface area (Å²) in [6.07, 6.45) is 3.68. The highest BCUT2D eigenvalue weighted by Gasteiger charge is 2.53. The van der Waals surface area contributed by atoms with E-state index in [0.717, 1.165) is 19.3 Å². The van der Waals surface area contributed by atoms with Crippen molar-refractivity contribution in [3.8, 4) is 11.5 Å². The second kappa shape index (κ2) is 4.99.